The summed E-state index contributed by atoms with van der Waals surface area (Å²) in [4.78, 5) is 11.6. The highest BCUT2D eigenvalue weighted by Crippen LogP contribution is 2.24. The third-order valence-corrected chi connectivity index (χ3v) is 3.24. The lowest BCUT2D eigenvalue weighted by atomic mass is 10.2. The predicted octanol–water partition coefficient (Wildman–Crippen LogP) is 2.92. The van der Waals surface area contributed by atoms with Crippen molar-refractivity contribution in [3.05, 3.63) is 52.9 Å². The average Bonchev–Trinajstić information content (AvgIpc) is 2.92. The number of aryl methyl sites for hydroxylation is 1. The van der Waals surface area contributed by atoms with E-state index in [9.17, 15) is 4.79 Å². The number of halogens is 1. The van der Waals surface area contributed by atoms with Crippen LogP contribution in [-0.4, -0.2) is 36.6 Å². The Labute approximate surface area is 139 Å². The van der Waals surface area contributed by atoms with Crippen molar-refractivity contribution in [3.63, 3.8) is 0 Å². The average molecular weight is 337 g/mol. The minimum absolute atomic E-state index is 0.0644. The Balaban J connectivity index is 2.15. The number of hydrogen-bond donors (Lipinski definition) is 0. The largest absolute Gasteiger partial charge is 0.504 e. The van der Waals surface area contributed by atoms with Crippen LogP contribution >= 0.6 is 11.6 Å². The SMILES string of the molecule is COC=C(COc1nn(-c2cccc(C)c2)cc1Cl)C(=O)OC. The number of aromatic nitrogens is 2. The topological polar surface area (TPSA) is 62.6 Å². The van der Waals surface area contributed by atoms with Crippen LogP contribution in [0.3, 0.4) is 0 Å². The first-order valence-corrected chi connectivity index (χ1v) is 7.18. The van der Waals surface area contributed by atoms with E-state index < -0.39 is 5.97 Å². The van der Waals surface area contributed by atoms with Crippen molar-refractivity contribution in [2.45, 2.75) is 6.92 Å². The monoisotopic (exact) mass is 336 g/mol. The molecule has 23 heavy (non-hydrogen) atoms. The number of rotatable bonds is 6. The zero-order valence-electron chi connectivity index (χ0n) is 13.1. The van der Waals surface area contributed by atoms with Crippen LogP contribution in [0.25, 0.3) is 5.69 Å². The summed E-state index contributed by atoms with van der Waals surface area (Å²) in [6.07, 6.45) is 2.90. The molecule has 1 heterocycles. The Bertz CT molecular complexity index is 725. The van der Waals surface area contributed by atoms with Gasteiger partial charge in [0, 0.05) is 0 Å². The van der Waals surface area contributed by atoms with Gasteiger partial charge in [-0.2, -0.15) is 0 Å². The van der Waals surface area contributed by atoms with E-state index in [-0.39, 0.29) is 18.1 Å². The number of esters is 1. The summed E-state index contributed by atoms with van der Waals surface area (Å²) in [5.41, 5.74) is 2.19. The van der Waals surface area contributed by atoms with Gasteiger partial charge in [-0.1, -0.05) is 23.7 Å². The molecule has 0 unspecified atom stereocenters. The van der Waals surface area contributed by atoms with Gasteiger partial charge < -0.3 is 14.2 Å². The Kier molecular flexibility index (Phi) is 5.65. The molecule has 0 aliphatic heterocycles. The standard InChI is InChI=1S/C16H17ClN2O4/c1-11-5-4-6-13(7-11)19-8-14(17)15(18-19)23-10-12(9-21-2)16(20)22-3/h4-9H,10H2,1-3H3. The first-order chi connectivity index (χ1) is 11.0. The van der Waals surface area contributed by atoms with E-state index in [0.717, 1.165) is 11.3 Å². The Morgan fingerprint density at radius 1 is 1.39 bits per heavy atom. The van der Waals surface area contributed by atoms with Crippen LogP contribution in [-0.2, 0) is 14.3 Å². The molecule has 0 saturated heterocycles. The van der Waals surface area contributed by atoms with Gasteiger partial charge >= 0.3 is 5.97 Å². The second-order valence-corrected chi connectivity index (χ2v) is 5.13. The first-order valence-electron chi connectivity index (χ1n) is 6.80. The number of benzene rings is 1. The summed E-state index contributed by atoms with van der Waals surface area (Å²) in [5.74, 6) is -0.319. The highest BCUT2D eigenvalue weighted by atomic mass is 35.5. The summed E-state index contributed by atoms with van der Waals surface area (Å²) in [5, 5.41) is 4.62. The van der Waals surface area contributed by atoms with Crippen LogP contribution in [0.15, 0.2) is 42.3 Å². The van der Waals surface area contributed by atoms with Crippen LogP contribution in [0.2, 0.25) is 5.02 Å². The third kappa shape index (κ3) is 4.26. The highest BCUT2D eigenvalue weighted by molar-refractivity contribution is 6.31. The number of ether oxygens (including phenoxy) is 3. The second-order valence-electron chi connectivity index (χ2n) is 4.72. The van der Waals surface area contributed by atoms with Gasteiger partial charge in [-0.05, 0) is 24.6 Å². The minimum Gasteiger partial charge on any atom is -0.504 e. The fraction of sp³-hybridized carbons (Fsp3) is 0.250. The molecule has 0 fully saturated rings. The minimum atomic E-state index is -0.541. The molecule has 2 rings (SSSR count). The molecule has 7 heteroatoms. The van der Waals surface area contributed by atoms with Crippen LogP contribution in [0, 0.1) is 6.92 Å². The van der Waals surface area contributed by atoms with Crippen LogP contribution in [0.1, 0.15) is 5.56 Å². The van der Waals surface area contributed by atoms with E-state index in [1.165, 1.54) is 20.5 Å². The molecule has 0 aliphatic carbocycles. The molecule has 0 atom stereocenters. The van der Waals surface area contributed by atoms with E-state index in [4.69, 9.17) is 21.1 Å². The summed E-state index contributed by atoms with van der Waals surface area (Å²) in [6.45, 7) is 1.93. The molecule has 1 aromatic heterocycles. The smallest absolute Gasteiger partial charge is 0.340 e. The van der Waals surface area contributed by atoms with Gasteiger partial charge in [0.2, 0.25) is 0 Å². The van der Waals surface area contributed by atoms with Crippen molar-refractivity contribution in [1.29, 1.82) is 0 Å². The third-order valence-electron chi connectivity index (χ3n) is 2.98. The fourth-order valence-corrected chi connectivity index (χ4v) is 2.08. The lowest BCUT2D eigenvalue weighted by Gasteiger charge is -2.06. The van der Waals surface area contributed by atoms with E-state index in [1.807, 2.05) is 31.2 Å². The maximum absolute atomic E-state index is 11.6. The van der Waals surface area contributed by atoms with Crippen molar-refractivity contribution < 1.29 is 19.0 Å². The quantitative estimate of drug-likeness (QED) is 0.461. The molecule has 0 radical (unpaired) electrons. The normalized spacial score (nSPS) is 11.2. The molecule has 1 aromatic carbocycles. The Morgan fingerprint density at radius 2 is 2.17 bits per heavy atom. The fourth-order valence-electron chi connectivity index (χ4n) is 1.90. The predicted molar refractivity (Wildman–Crippen MR) is 85.9 cm³/mol. The van der Waals surface area contributed by atoms with Crippen LogP contribution in [0.4, 0.5) is 0 Å². The number of hydrogen-bond acceptors (Lipinski definition) is 5. The summed E-state index contributed by atoms with van der Waals surface area (Å²) in [6, 6.07) is 7.80. The van der Waals surface area contributed by atoms with Gasteiger partial charge in [-0.15, -0.1) is 5.10 Å². The number of carbonyl (C=O) groups excluding carboxylic acids is 1. The molecular weight excluding hydrogens is 320 g/mol. The molecule has 0 bridgehead atoms. The first kappa shape index (κ1) is 16.9. The molecule has 0 saturated carbocycles. The van der Waals surface area contributed by atoms with Gasteiger partial charge in [0.05, 0.1) is 32.4 Å². The zero-order chi connectivity index (χ0) is 16.8. The van der Waals surface area contributed by atoms with Crippen LogP contribution < -0.4 is 4.74 Å². The van der Waals surface area contributed by atoms with E-state index in [2.05, 4.69) is 9.84 Å². The second kappa shape index (κ2) is 7.69. The van der Waals surface area contributed by atoms with Gasteiger partial charge in [0.25, 0.3) is 5.88 Å². The van der Waals surface area contributed by atoms with Crippen molar-refractivity contribution >= 4 is 17.6 Å². The molecule has 2 aromatic rings. The van der Waals surface area contributed by atoms with Crippen molar-refractivity contribution in [2.75, 3.05) is 20.8 Å². The van der Waals surface area contributed by atoms with Crippen molar-refractivity contribution in [2.24, 2.45) is 0 Å². The Morgan fingerprint density at radius 3 is 2.83 bits per heavy atom. The number of nitrogens with zero attached hydrogens (tertiary/aromatic N) is 2. The molecule has 0 N–H and O–H groups in total. The maximum Gasteiger partial charge on any atom is 0.340 e. The summed E-state index contributed by atoms with van der Waals surface area (Å²) in [7, 11) is 2.72. The molecule has 0 amide bonds. The zero-order valence-corrected chi connectivity index (χ0v) is 13.8. The molecule has 0 aliphatic rings. The van der Waals surface area contributed by atoms with Crippen LogP contribution in [0.5, 0.6) is 5.88 Å². The Hall–Kier alpha value is -2.47. The lowest BCUT2D eigenvalue weighted by molar-refractivity contribution is -0.136. The number of methoxy groups -OCH3 is 2. The number of carbonyl (C=O) groups is 1. The molecule has 6 nitrogen and oxygen atoms in total. The van der Waals surface area contributed by atoms with Gasteiger partial charge in [0.15, 0.2) is 0 Å². The van der Waals surface area contributed by atoms with E-state index in [0.29, 0.717) is 5.02 Å². The highest BCUT2D eigenvalue weighted by Gasteiger charge is 2.15. The van der Waals surface area contributed by atoms with Crippen molar-refractivity contribution in [1.82, 2.24) is 9.78 Å². The van der Waals surface area contributed by atoms with Gasteiger partial charge in [0.1, 0.15) is 17.2 Å². The van der Waals surface area contributed by atoms with E-state index >= 15 is 0 Å². The van der Waals surface area contributed by atoms with Gasteiger partial charge in [-0.25, -0.2) is 9.48 Å². The van der Waals surface area contributed by atoms with Gasteiger partial charge in [-0.3, -0.25) is 0 Å². The van der Waals surface area contributed by atoms with Crippen molar-refractivity contribution in [3.8, 4) is 11.6 Å². The molecular formula is C16H17ClN2O4. The maximum atomic E-state index is 11.6. The molecule has 122 valence electrons. The lowest BCUT2D eigenvalue weighted by Crippen LogP contribution is -2.13. The van der Waals surface area contributed by atoms with E-state index in [1.54, 1.807) is 10.9 Å². The summed E-state index contributed by atoms with van der Waals surface area (Å²) >= 11 is 6.13. The molecule has 0 spiro atoms. The summed E-state index contributed by atoms with van der Waals surface area (Å²) < 4.78 is 16.6.